The summed E-state index contributed by atoms with van der Waals surface area (Å²) in [4.78, 5) is 21.4. The molecule has 0 rings (SSSR count). The number of hydrogen-bond donors (Lipinski definition) is 1. The van der Waals surface area contributed by atoms with E-state index in [1.807, 2.05) is 0 Å². The van der Waals surface area contributed by atoms with Crippen molar-refractivity contribution >= 4 is 0 Å². The van der Waals surface area contributed by atoms with E-state index in [4.69, 9.17) is 5.11 Å². The van der Waals surface area contributed by atoms with Crippen LogP contribution >= 0.6 is 0 Å². The molecule has 0 radical (unpaired) electrons. The predicted octanol–water partition coefficient (Wildman–Crippen LogP) is 4.95. The first-order valence-electron chi connectivity index (χ1n) is 8.54. The lowest BCUT2D eigenvalue weighted by molar-refractivity contribution is 0.282. The normalized spacial score (nSPS) is 13.8. The number of unbranched alkanes of at least 4 members (excludes halogenated alkanes) is 5. The summed E-state index contributed by atoms with van der Waals surface area (Å²) in [6, 6.07) is -0.124. The SMILES string of the molecule is CCCC(CCCCC(CCCCCCCO)N=O)N=O. The van der Waals surface area contributed by atoms with Crippen molar-refractivity contribution in [3.63, 3.8) is 0 Å². The molecular weight excluding hydrogens is 268 g/mol. The van der Waals surface area contributed by atoms with Gasteiger partial charge >= 0.3 is 0 Å². The second kappa shape index (κ2) is 15.5. The molecule has 2 unspecified atom stereocenters. The molecule has 1 N–H and O–H groups in total. The first-order chi connectivity index (χ1) is 10.3. The summed E-state index contributed by atoms with van der Waals surface area (Å²) < 4.78 is 0. The maximum absolute atomic E-state index is 10.8. The third-order valence-corrected chi connectivity index (χ3v) is 3.94. The van der Waals surface area contributed by atoms with Gasteiger partial charge in [0.25, 0.3) is 0 Å². The monoisotopic (exact) mass is 300 g/mol. The Kier molecular flexibility index (Phi) is 14.9. The van der Waals surface area contributed by atoms with Crippen LogP contribution in [0.2, 0.25) is 0 Å². The van der Waals surface area contributed by atoms with E-state index in [0.717, 1.165) is 77.0 Å². The van der Waals surface area contributed by atoms with Gasteiger partial charge in [-0.25, -0.2) is 0 Å². The minimum absolute atomic E-state index is 0.0517. The van der Waals surface area contributed by atoms with E-state index >= 15 is 0 Å². The van der Waals surface area contributed by atoms with Gasteiger partial charge in [-0.05, 0) is 32.1 Å². The van der Waals surface area contributed by atoms with Crippen molar-refractivity contribution in [2.45, 2.75) is 96.1 Å². The Morgan fingerprint density at radius 1 is 0.714 bits per heavy atom. The van der Waals surface area contributed by atoms with E-state index in [9.17, 15) is 9.81 Å². The molecule has 0 aromatic heterocycles. The number of nitrogens with zero attached hydrogens (tertiary/aromatic N) is 2. The average Bonchev–Trinajstić information content (AvgIpc) is 2.51. The topological polar surface area (TPSA) is 79.1 Å². The standard InChI is InChI=1S/C16H32N2O3/c1-2-10-15(17-20)12-7-8-13-16(18-21)11-6-4-3-5-9-14-19/h15-16,19H,2-14H2,1H3. The van der Waals surface area contributed by atoms with E-state index < -0.39 is 0 Å². The minimum atomic E-state index is -0.0725. The molecule has 0 aromatic rings. The van der Waals surface area contributed by atoms with Gasteiger partial charge in [0.2, 0.25) is 0 Å². The summed E-state index contributed by atoms with van der Waals surface area (Å²) in [7, 11) is 0. The van der Waals surface area contributed by atoms with Crippen LogP contribution in [-0.4, -0.2) is 23.8 Å². The molecule has 0 aromatic carbocycles. The van der Waals surface area contributed by atoms with Crippen LogP contribution in [0.25, 0.3) is 0 Å². The highest BCUT2D eigenvalue weighted by atomic mass is 16.3. The van der Waals surface area contributed by atoms with Gasteiger partial charge < -0.3 is 5.11 Å². The molecule has 0 heterocycles. The molecule has 124 valence electrons. The quantitative estimate of drug-likeness (QED) is 0.323. The molecule has 0 saturated heterocycles. The summed E-state index contributed by atoms with van der Waals surface area (Å²) in [5, 5.41) is 15.0. The fraction of sp³-hybridized carbons (Fsp3) is 1.00. The molecule has 5 nitrogen and oxygen atoms in total. The van der Waals surface area contributed by atoms with Gasteiger partial charge in [-0.3, -0.25) is 0 Å². The zero-order valence-corrected chi connectivity index (χ0v) is 13.5. The molecule has 0 fully saturated rings. The third-order valence-electron chi connectivity index (χ3n) is 3.94. The Morgan fingerprint density at radius 2 is 1.14 bits per heavy atom. The minimum Gasteiger partial charge on any atom is -0.396 e. The van der Waals surface area contributed by atoms with Gasteiger partial charge in [0.05, 0.1) is 12.1 Å². The first kappa shape index (κ1) is 20.2. The Bertz CT molecular complexity index is 250. The van der Waals surface area contributed by atoms with E-state index in [0.29, 0.717) is 0 Å². The highest BCUT2D eigenvalue weighted by Crippen LogP contribution is 2.17. The van der Waals surface area contributed by atoms with Crippen LogP contribution in [0.15, 0.2) is 10.4 Å². The molecular formula is C16H32N2O3. The molecule has 0 bridgehead atoms. The van der Waals surface area contributed by atoms with E-state index in [1.165, 1.54) is 0 Å². The first-order valence-corrected chi connectivity index (χ1v) is 8.54. The van der Waals surface area contributed by atoms with Gasteiger partial charge in [0, 0.05) is 6.61 Å². The molecule has 0 aliphatic heterocycles. The highest BCUT2D eigenvalue weighted by molar-refractivity contribution is 4.69. The maximum Gasteiger partial charge on any atom is 0.0919 e. The molecule has 0 amide bonds. The summed E-state index contributed by atoms with van der Waals surface area (Å²) in [5.41, 5.74) is 0. The number of hydrogen-bond acceptors (Lipinski definition) is 5. The van der Waals surface area contributed by atoms with E-state index in [-0.39, 0.29) is 18.7 Å². The molecule has 5 heteroatoms. The summed E-state index contributed by atoms with van der Waals surface area (Å²) in [6.07, 6.45) is 11.5. The molecule has 0 saturated carbocycles. The second-order valence-corrected chi connectivity index (χ2v) is 5.87. The largest absolute Gasteiger partial charge is 0.396 e. The van der Waals surface area contributed by atoms with Crippen LogP contribution in [0.5, 0.6) is 0 Å². The highest BCUT2D eigenvalue weighted by Gasteiger charge is 2.10. The summed E-state index contributed by atoms with van der Waals surface area (Å²) in [5.74, 6) is 0. The van der Waals surface area contributed by atoms with Crippen LogP contribution in [0.1, 0.15) is 84.0 Å². The van der Waals surface area contributed by atoms with Crippen LogP contribution < -0.4 is 0 Å². The van der Waals surface area contributed by atoms with Crippen LogP contribution in [0.4, 0.5) is 0 Å². The third kappa shape index (κ3) is 12.6. The molecule has 0 spiro atoms. The van der Waals surface area contributed by atoms with Crippen LogP contribution in [0, 0.1) is 9.81 Å². The Labute approximate surface area is 128 Å². The van der Waals surface area contributed by atoms with Crippen molar-refractivity contribution in [2.24, 2.45) is 10.4 Å². The maximum atomic E-state index is 10.8. The van der Waals surface area contributed by atoms with Crippen molar-refractivity contribution in [1.29, 1.82) is 0 Å². The lowest BCUT2D eigenvalue weighted by Crippen LogP contribution is -2.06. The van der Waals surface area contributed by atoms with Gasteiger partial charge in [-0.15, -0.1) is 0 Å². The summed E-state index contributed by atoms with van der Waals surface area (Å²) in [6.45, 7) is 2.33. The fourth-order valence-electron chi connectivity index (χ4n) is 2.61. The summed E-state index contributed by atoms with van der Waals surface area (Å²) >= 11 is 0. The number of nitroso groups, excluding NO2 is 2. The van der Waals surface area contributed by atoms with E-state index in [2.05, 4.69) is 17.3 Å². The zero-order valence-electron chi connectivity index (χ0n) is 13.5. The van der Waals surface area contributed by atoms with Gasteiger partial charge in [0.1, 0.15) is 0 Å². The Hall–Kier alpha value is -0.840. The molecule has 0 aliphatic carbocycles. The predicted molar refractivity (Wildman–Crippen MR) is 87.3 cm³/mol. The average molecular weight is 300 g/mol. The van der Waals surface area contributed by atoms with Crippen molar-refractivity contribution in [1.82, 2.24) is 0 Å². The van der Waals surface area contributed by atoms with Crippen LogP contribution in [-0.2, 0) is 0 Å². The van der Waals surface area contributed by atoms with Gasteiger partial charge in [0.15, 0.2) is 0 Å². The van der Waals surface area contributed by atoms with Crippen molar-refractivity contribution in [2.75, 3.05) is 6.61 Å². The molecule has 2 atom stereocenters. The van der Waals surface area contributed by atoms with Gasteiger partial charge in [-0.2, -0.15) is 9.81 Å². The lowest BCUT2D eigenvalue weighted by Gasteiger charge is -2.10. The molecule has 21 heavy (non-hydrogen) atoms. The zero-order chi connectivity index (χ0) is 15.8. The van der Waals surface area contributed by atoms with Crippen molar-refractivity contribution in [3.05, 3.63) is 9.81 Å². The number of aliphatic hydroxyl groups is 1. The van der Waals surface area contributed by atoms with Crippen molar-refractivity contribution in [3.8, 4) is 0 Å². The van der Waals surface area contributed by atoms with Crippen molar-refractivity contribution < 1.29 is 5.11 Å². The fourth-order valence-corrected chi connectivity index (χ4v) is 2.61. The smallest absolute Gasteiger partial charge is 0.0919 e. The number of rotatable bonds is 16. The van der Waals surface area contributed by atoms with Gasteiger partial charge in [-0.1, -0.05) is 62.2 Å². The Morgan fingerprint density at radius 3 is 1.62 bits per heavy atom. The van der Waals surface area contributed by atoms with E-state index in [1.54, 1.807) is 0 Å². The molecule has 0 aliphatic rings. The Balaban J connectivity index is 3.56. The lowest BCUT2D eigenvalue weighted by atomic mass is 9.99. The van der Waals surface area contributed by atoms with Crippen LogP contribution in [0.3, 0.4) is 0 Å². The second-order valence-electron chi connectivity index (χ2n) is 5.87. The number of aliphatic hydroxyl groups excluding tert-OH is 1.